The third-order valence-electron chi connectivity index (χ3n) is 15.7. The van der Waals surface area contributed by atoms with Gasteiger partial charge in [0, 0.05) is 19.3 Å². The topological polar surface area (TPSA) is 78.9 Å². The van der Waals surface area contributed by atoms with Gasteiger partial charge in [-0.05, 0) is 116 Å². The van der Waals surface area contributed by atoms with Crippen LogP contribution in [0.3, 0.4) is 0 Å². The predicted octanol–water partition coefficient (Wildman–Crippen LogP) is 24.4. The fraction of sp³-hybridized carbons (Fsp3) is 0.800. The van der Waals surface area contributed by atoms with Crippen molar-refractivity contribution in [2.75, 3.05) is 13.2 Å². The van der Waals surface area contributed by atoms with E-state index in [1.807, 2.05) is 0 Å². The normalized spacial score (nSPS) is 12.5. The molecule has 0 heterocycles. The van der Waals surface area contributed by atoms with Gasteiger partial charge >= 0.3 is 17.9 Å². The van der Waals surface area contributed by atoms with E-state index in [2.05, 4.69) is 93.7 Å². The Morgan fingerprint density at radius 2 is 0.444 bits per heavy atom. The van der Waals surface area contributed by atoms with Crippen LogP contribution in [-0.4, -0.2) is 37.2 Å². The highest BCUT2D eigenvalue weighted by Crippen LogP contribution is 2.17. The molecule has 470 valence electrons. The van der Waals surface area contributed by atoms with Crippen LogP contribution >= 0.6 is 0 Å². The van der Waals surface area contributed by atoms with Crippen molar-refractivity contribution in [3.8, 4) is 0 Å². The molecule has 0 aliphatic carbocycles. The number of ether oxygens (including phenoxy) is 3. The minimum atomic E-state index is -0.787. The van der Waals surface area contributed by atoms with Crippen LogP contribution in [0.4, 0.5) is 0 Å². The summed E-state index contributed by atoms with van der Waals surface area (Å²) >= 11 is 0. The first-order chi connectivity index (χ1) is 40.0. The molecule has 0 rings (SSSR count). The Kier molecular flexibility index (Phi) is 66.6. The number of hydrogen-bond donors (Lipinski definition) is 0. The molecule has 0 aliphatic rings. The Morgan fingerprint density at radius 1 is 0.247 bits per heavy atom. The van der Waals surface area contributed by atoms with E-state index in [0.29, 0.717) is 19.3 Å². The summed E-state index contributed by atoms with van der Waals surface area (Å²) in [6.07, 6.45) is 90.6. The van der Waals surface area contributed by atoms with Gasteiger partial charge in [0.1, 0.15) is 13.2 Å². The zero-order valence-electron chi connectivity index (χ0n) is 54.1. The standard InChI is InChI=1S/C75H134O6/c1-4-7-10-13-16-19-22-25-28-31-34-37-40-43-46-49-52-55-58-61-64-67-73(76)79-70-72(81-75(78)69-66-63-60-57-54-51-48-45-42-39-36-33-30-27-24-21-18-15-12-9-6-3)71-80-74(77)68-65-62-59-56-53-50-47-44-41-38-35-32-29-26-23-20-17-14-11-8-5-2/h22,24-25,27,31-36,40,43,72H,4-21,23,26,28-30,37-39,41-42,44-71H2,1-3H3/b25-22-,27-24-,34-31-,35-32-,36-33-,43-40-. The second-order valence-corrected chi connectivity index (χ2v) is 23.8. The second kappa shape index (κ2) is 69.3. The Balaban J connectivity index is 4.40. The predicted molar refractivity (Wildman–Crippen MR) is 353 cm³/mol. The molecule has 0 saturated heterocycles. The maximum absolute atomic E-state index is 13.0. The lowest BCUT2D eigenvalue weighted by Crippen LogP contribution is -2.30. The van der Waals surface area contributed by atoms with Crippen molar-refractivity contribution < 1.29 is 28.6 Å². The number of rotatable bonds is 65. The van der Waals surface area contributed by atoms with Gasteiger partial charge in [-0.2, -0.15) is 0 Å². The van der Waals surface area contributed by atoms with Crippen molar-refractivity contribution in [3.63, 3.8) is 0 Å². The first-order valence-corrected chi connectivity index (χ1v) is 35.4. The average molecular weight is 1130 g/mol. The van der Waals surface area contributed by atoms with Gasteiger partial charge in [-0.3, -0.25) is 14.4 Å². The molecule has 0 aromatic rings. The molecule has 1 atom stereocenters. The lowest BCUT2D eigenvalue weighted by Gasteiger charge is -2.18. The highest BCUT2D eigenvalue weighted by molar-refractivity contribution is 5.71. The third-order valence-corrected chi connectivity index (χ3v) is 15.7. The molecule has 6 heteroatoms. The zero-order valence-corrected chi connectivity index (χ0v) is 54.1. The summed E-state index contributed by atoms with van der Waals surface area (Å²) in [5, 5.41) is 0. The lowest BCUT2D eigenvalue weighted by atomic mass is 10.1. The van der Waals surface area contributed by atoms with E-state index >= 15 is 0 Å². The number of hydrogen-bond acceptors (Lipinski definition) is 6. The molecule has 0 spiro atoms. The summed E-state index contributed by atoms with van der Waals surface area (Å²) < 4.78 is 17.0. The van der Waals surface area contributed by atoms with Gasteiger partial charge in [0.2, 0.25) is 0 Å². The van der Waals surface area contributed by atoms with Crippen LogP contribution < -0.4 is 0 Å². The Hall–Kier alpha value is -3.15. The van der Waals surface area contributed by atoms with E-state index in [1.165, 1.54) is 244 Å². The van der Waals surface area contributed by atoms with E-state index in [-0.39, 0.29) is 31.1 Å². The van der Waals surface area contributed by atoms with Gasteiger partial charge < -0.3 is 14.2 Å². The summed E-state index contributed by atoms with van der Waals surface area (Å²) in [6, 6.07) is 0. The molecule has 0 radical (unpaired) electrons. The summed E-state index contributed by atoms with van der Waals surface area (Å²) in [5.41, 5.74) is 0. The quantitative estimate of drug-likeness (QED) is 0.0261. The highest BCUT2D eigenvalue weighted by Gasteiger charge is 2.19. The van der Waals surface area contributed by atoms with Crippen LogP contribution in [0.1, 0.15) is 367 Å². The minimum Gasteiger partial charge on any atom is -0.462 e. The van der Waals surface area contributed by atoms with Gasteiger partial charge in [-0.1, -0.05) is 306 Å². The number of carbonyl (C=O) groups excluding carboxylic acids is 3. The van der Waals surface area contributed by atoms with Crippen molar-refractivity contribution in [1.29, 1.82) is 0 Å². The maximum Gasteiger partial charge on any atom is 0.306 e. The van der Waals surface area contributed by atoms with Crippen LogP contribution in [0.5, 0.6) is 0 Å². The van der Waals surface area contributed by atoms with Crippen LogP contribution in [-0.2, 0) is 28.6 Å². The van der Waals surface area contributed by atoms with E-state index in [1.54, 1.807) is 0 Å². The molecule has 81 heavy (non-hydrogen) atoms. The van der Waals surface area contributed by atoms with Crippen molar-refractivity contribution >= 4 is 17.9 Å². The van der Waals surface area contributed by atoms with Crippen molar-refractivity contribution in [2.45, 2.75) is 374 Å². The summed E-state index contributed by atoms with van der Waals surface area (Å²) in [4.78, 5) is 38.5. The van der Waals surface area contributed by atoms with Crippen molar-refractivity contribution in [1.82, 2.24) is 0 Å². The molecule has 0 saturated carbocycles. The largest absolute Gasteiger partial charge is 0.462 e. The van der Waals surface area contributed by atoms with Gasteiger partial charge in [-0.25, -0.2) is 0 Å². The first kappa shape index (κ1) is 77.9. The van der Waals surface area contributed by atoms with Gasteiger partial charge in [0.25, 0.3) is 0 Å². The number of unbranched alkanes of at least 4 members (excludes halogenated alkanes) is 42. The van der Waals surface area contributed by atoms with Crippen LogP contribution in [0.2, 0.25) is 0 Å². The van der Waals surface area contributed by atoms with E-state index in [0.717, 1.165) is 83.5 Å². The molecular weight excluding hydrogens is 997 g/mol. The number of carbonyl (C=O) groups is 3. The molecule has 0 N–H and O–H groups in total. The van der Waals surface area contributed by atoms with E-state index in [9.17, 15) is 14.4 Å². The van der Waals surface area contributed by atoms with Gasteiger partial charge in [-0.15, -0.1) is 0 Å². The average Bonchev–Trinajstić information content (AvgIpc) is 3.47. The minimum absolute atomic E-state index is 0.0807. The fourth-order valence-electron chi connectivity index (χ4n) is 10.3. The van der Waals surface area contributed by atoms with E-state index < -0.39 is 6.10 Å². The summed E-state index contributed by atoms with van der Waals surface area (Å²) in [5.74, 6) is -0.879. The zero-order chi connectivity index (χ0) is 58.5. The Morgan fingerprint density at radius 3 is 0.704 bits per heavy atom. The summed E-state index contributed by atoms with van der Waals surface area (Å²) in [6.45, 7) is 6.66. The molecule has 0 aromatic carbocycles. The molecule has 0 amide bonds. The molecule has 0 fully saturated rings. The molecule has 0 aliphatic heterocycles. The number of esters is 3. The third kappa shape index (κ3) is 67.5. The monoisotopic (exact) mass is 1130 g/mol. The van der Waals surface area contributed by atoms with Gasteiger partial charge in [0.05, 0.1) is 0 Å². The number of allylic oxidation sites excluding steroid dienone is 12. The highest BCUT2D eigenvalue weighted by atomic mass is 16.6. The summed E-state index contributed by atoms with van der Waals surface area (Å²) in [7, 11) is 0. The molecule has 0 bridgehead atoms. The lowest BCUT2D eigenvalue weighted by molar-refractivity contribution is -0.167. The first-order valence-electron chi connectivity index (χ1n) is 35.4. The molecule has 1 unspecified atom stereocenters. The van der Waals surface area contributed by atoms with Crippen LogP contribution in [0.25, 0.3) is 0 Å². The van der Waals surface area contributed by atoms with Crippen molar-refractivity contribution in [3.05, 3.63) is 72.9 Å². The smallest absolute Gasteiger partial charge is 0.306 e. The Bertz CT molecular complexity index is 1490. The molecule has 0 aromatic heterocycles. The van der Waals surface area contributed by atoms with Crippen LogP contribution in [0.15, 0.2) is 72.9 Å². The van der Waals surface area contributed by atoms with Crippen molar-refractivity contribution in [2.24, 2.45) is 0 Å². The molecule has 6 nitrogen and oxygen atoms in total. The molecular formula is C75H134O6. The SMILES string of the molecule is CCCCCCC/C=C\C/C=C\C/C=C\CCCCCCCCC(=O)OCC(COC(=O)CCCCCCCCCCC/C=C\CCCCCCCCCC)OC(=O)CCCCCCCCCCC/C=C\C/C=C\CCCCCCC. The van der Waals surface area contributed by atoms with Crippen LogP contribution in [0, 0.1) is 0 Å². The fourth-order valence-corrected chi connectivity index (χ4v) is 10.3. The van der Waals surface area contributed by atoms with E-state index in [4.69, 9.17) is 14.2 Å². The maximum atomic E-state index is 13.0. The Labute approximate surface area is 503 Å². The second-order valence-electron chi connectivity index (χ2n) is 23.8. The van der Waals surface area contributed by atoms with Gasteiger partial charge in [0.15, 0.2) is 6.10 Å².